The van der Waals surface area contributed by atoms with Crippen LogP contribution in [0.1, 0.15) is 12.8 Å². The van der Waals surface area contributed by atoms with Crippen LogP contribution in [0.3, 0.4) is 0 Å². The van der Waals surface area contributed by atoms with Gasteiger partial charge in [0.1, 0.15) is 10.3 Å². The molecule has 2 aromatic rings. The summed E-state index contributed by atoms with van der Waals surface area (Å²) in [5.41, 5.74) is 0.425. The summed E-state index contributed by atoms with van der Waals surface area (Å²) in [5.74, 6) is 0.527. The first kappa shape index (κ1) is 16.2. The lowest BCUT2D eigenvalue weighted by Crippen LogP contribution is -2.35. The van der Waals surface area contributed by atoms with E-state index >= 15 is 0 Å². The van der Waals surface area contributed by atoms with Crippen LogP contribution < -0.4 is 9.46 Å². The van der Waals surface area contributed by atoms with Gasteiger partial charge in [-0.15, -0.1) is 11.3 Å². The van der Waals surface area contributed by atoms with Gasteiger partial charge in [-0.1, -0.05) is 6.07 Å². The number of ether oxygens (including phenoxy) is 1. The monoisotopic (exact) mass is 353 g/mol. The molecule has 0 atom stereocenters. The third-order valence-corrected chi connectivity index (χ3v) is 6.48. The van der Waals surface area contributed by atoms with Crippen LogP contribution in [-0.2, 0) is 10.0 Å². The van der Waals surface area contributed by atoms with E-state index in [0.717, 1.165) is 25.9 Å². The highest BCUT2D eigenvalue weighted by Crippen LogP contribution is 2.22. The van der Waals surface area contributed by atoms with Crippen LogP contribution in [0, 0.1) is 0 Å². The van der Waals surface area contributed by atoms with Gasteiger partial charge >= 0.3 is 0 Å². The molecule has 0 aromatic carbocycles. The highest BCUT2D eigenvalue weighted by atomic mass is 32.2. The lowest BCUT2D eigenvalue weighted by atomic mass is 10.1. The summed E-state index contributed by atoms with van der Waals surface area (Å²) >= 11 is 1.18. The highest BCUT2D eigenvalue weighted by Gasteiger charge is 2.19. The first-order chi connectivity index (χ1) is 11.0. The summed E-state index contributed by atoms with van der Waals surface area (Å²) in [7, 11) is -1.43. The van der Waals surface area contributed by atoms with E-state index in [2.05, 4.69) is 21.7 Å². The van der Waals surface area contributed by atoms with E-state index in [-0.39, 0.29) is 10.3 Å². The third kappa shape index (κ3) is 4.21. The molecule has 0 radical (unpaired) electrons. The number of thiophene rings is 1. The van der Waals surface area contributed by atoms with E-state index in [1.54, 1.807) is 29.6 Å². The van der Waals surface area contributed by atoms with Crippen LogP contribution in [0.25, 0.3) is 0 Å². The summed E-state index contributed by atoms with van der Waals surface area (Å²) in [4.78, 5) is 6.47. The smallest absolute Gasteiger partial charge is 0.271 e. The van der Waals surface area contributed by atoms with Gasteiger partial charge in [0.15, 0.2) is 0 Å². The largest absolute Gasteiger partial charge is 0.474 e. The summed E-state index contributed by atoms with van der Waals surface area (Å²) in [6.45, 7) is 2.03. The number of hydrogen-bond donors (Lipinski definition) is 1. The fraction of sp³-hybridized carbons (Fsp3) is 0.400. The van der Waals surface area contributed by atoms with E-state index in [4.69, 9.17) is 4.74 Å². The fourth-order valence-corrected chi connectivity index (χ4v) is 4.44. The predicted molar refractivity (Wildman–Crippen MR) is 90.5 cm³/mol. The molecule has 124 valence electrons. The third-order valence-electron chi connectivity index (χ3n) is 3.70. The predicted octanol–water partition coefficient (Wildman–Crippen LogP) is 2.42. The summed E-state index contributed by atoms with van der Waals surface area (Å²) < 4.78 is 32.9. The molecule has 0 saturated carbocycles. The molecule has 0 aliphatic carbocycles. The second kappa shape index (κ2) is 6.86. The number of nitrogens with zero attached hydrogens (tertiary/aromatic N) is 2. The number of pyridine rings is 1. The van der Waals surface area contributed by atoms with E-state index in [1.807, 2.05) is 0 Å². The highest BCUT2D eigenvalue weighted by molar-refractivity contribution is 7.94. The number of hydrogen-bond acceptors (Lipinski definition) is 6. The molecule has 1 N–H and O–H groups in total. The molecule has 0 spiro atoms. The number of sulfonamides is 1. The Balaban J connectivity index is 1.61. The van der Waals surface area contributed by atoms with E-state index < -0.39 is 10.0 Å². The lowest BCUT2D eigenvalue weighted by Gasteiger charge is -2.28. The zero-order valence-corrected chi connectivity index (χ0v) is 14.4. The average molecular weight is 353 g/mol. The van der Waals surface area contributed by atoms with Gasteiger partial charge in [-0.25, -0.2) is 13.4 Å². The Kier molecular flexibility index (Phi) is 4.84. The Morgan fingerprint density at radius 1 is 1.30 bits per heavy atom. The standard InChI is InChI=1S/C15H19N3O3S2/c1-18-8-6-13(7-9-18)21-14-5-4-12(11-16-14)17-23(19,20)15-3-2-10-22-15/h2-5,10-11,13,17H,6-9H2,1H3. The van der Waals surface area contributed by atoms with Crippen molar-refractivity contribution >= 4 is 27.0 Å². The van der Waals surface area contributed by atoms with Gasteiger partial charge in [0.25, 0.3) is 10.0 Å². The maximum atomic E-state index is 12.1. The average Bonchev–Trinajstić information content (AvgIpc) is 3.07. The van der Waals surface area contributed by atoms with Crippen LogP contribution in [0.4, 0.5) is 5.69 Å². The van der Waals surface area contributed by atoms with E-state index in [0.29, 0.717) is 11.6 Å². The van der Waals surface area contributed by atoms with Crippen molar-refractivity contribution in [3.63, 3.8) is 0 Å². The quantitative estimate of drug-likeness (QED) is 0.894. The second-order valence-electron chi connectivity index (χ2n) is 5.54. The lowest BCUT2D eigenvalue weighted by molar-refractivity contribution is 0.110. The number of anilines is 1. The Hall–Kier alpha value is -1.64. The summed E-state index contributed by atoms with van der Waals surface area (Å²) in [6, 6.07) is 6.64. The molecule has 8 heteroatoms. The van der Waals surface area contributed by atoms with Crippen LogP contribution in [-0.4, -0.2) is 44.5 Å². The molecule has 1 saturated heterocycles. The van der Waals surface area contributed by atoms with Crippen LogP contribution in [0.2, 0.25) is 0 Å². The van der Waals surface area contributed by atoms with Crippen LogP contribution >= 0.6 is 11.3 Å². The summed E-state index contributed by atoms with van der Waals surface area (Å²) in [5, 5.41) is 1.73. The van der Waals surface area contributed by atoms with Crippen LogP contribution in [0.15, 0.2) is 40.1 Å². The zero-order chi connectivity index (χ0) is 16.3. The minimum absolute atomic E-state index is 0.173. The Bertz CT molecular complexity index is 722. The zero-order valence-electron chi connectivity index (χ0n) is 12.8. The first-order valence-electron chi connectivity index (χ1n) is 7.40. The maximum Gasteiger partial charge on any atom is 0.271 e. The molecule has 3 heterocycles. The minimum Gasteiger partial charge on any atom is -0.474 e. The van der Waals surface area contributed by atoms with Crippen molar-refractivity contribution in [2.75, 3.05) is 24.9 Å². The van der Waals surface area contributed by atoms with Crippen molar-refractivity contribution in [3.8, 4) is 5.88 Å². The SMILES string of the molecule is CN1CCC(Oc2ccc(NS(=O)(=O)c3cccs3)cn2)CC1. The molecule has 6 nitrogen and oxygen atoms in total. The Morgan fingerprint density at radius 2 is 2.09 bits per heavy atom. The van der Waals surface area contributed by atoms with Crippen molar-refractivity contribution in [2.45, 2.75) is 23.2 Å². The van der Waals surface area contributed by atoms with Gasteiger partial charge in [-0.2, -0.15) is 0 Å². The van der Waals surface area contributed by atoms with Gasteiger partial charge in [-0.05, 0) is 37.4 Å². The number of nitrogens with one attached hydrogen (secondary N) is 1. The van der Waals surface area contributed by atoms with Gasteiger partial charge in [0, 0.05) is 19.2 Å². The molecule has 0 bridgehead atoms. The van der Waals surface area contributed by atoms with E-state index in [1.165, 1.54) is 17.5 Å². The van der Waals surface area contributed by atoms with Crippen molar-refractivity contribution in [2.24, 2.45) is 0 Å². The number of likely N-dealkylation sites (tertiary alicyclic amines) is 1. The molecule has 1 aliphatic heterocycles. The molecule has 23 heavy (non-hydrogen) atoms. The van der Waals surface area contributed by atoms with Crippen molar-refractivity contribution in [1.82, 2.24) is 9.88 Å². The van der Waals surface area contributed by atoms with Crippen molar-refractivity contribution in [3.05, 3.63) is 35.8 Å². The molecule has 0 unspecified atom stereocenters. The number of aromatic nitrogens is 1. The number of piperidine rings is 1. The van der Waals surface area contributed by atoms with Gasteiger partial charge in [0.05, 0.1) is 11.9 Å². The number of rotatable bonds is 5. The maximum absolute atomic E-state index is 12.1. The molecular formula is C15H19N3O3S2. The van der Waals surface area contributed by atoms with Crippen molar-refractivity contribution < 1.29 is 13.2 Å². The minimum atomic E-state index is -3.53. The first-order valence-corrected chi connectivity index (χ1v) is 9.77. The molecule has 1 aliphatic rings. The van der Waals surface area contributed by atoms with Gasteiger partial charge < -0.3 is 9.64 Å². The second-order valence-corrected chi connectivity index (χ2v) is 8.40. The molecule has 1 fully saturated rings. The fourth-order valence-electron chi connectivity index (χ4n) is 2.41. The molecule has 3 rings (SSSR count). The molecule has 0 amide bonds. The van der Waals surface area contributed by atoms with Crippen molar-refractivity contribution in [1.29, 1.82) is 0 Å². The topological polar surface area (TPSA) is 71.5 Å². The Labute approximate surface area is 140 Å². The van der Waals surface area contributed by atoms with Gasteiger partial charge in [0.2, 0.25) is 5.88 Å². The molecular weight excluding hydrogens is 334 g/mol. The normalized spacial score (nSPS) is 17.1. The summed E-state index contributed by atoms with van der Waals surface area (Å²) in [6.07, 6.45) is 3.61. The molecule has 2 aromatic heterocycles. The van der Waals surface area contributed by atoms with Gasteiger partial charge in [-0.3, -0.25) is 4.72 Å². The Morgan fingerprint density at radius 3 is 2.70 bits per heavy atom. The van der Waals surface area contributed by atoms with E-state index in [9.17, 15) is 8.42 Å². The van der Waals surface area contributed by atoms with Crippen LogP contribution in [0.5, 0.6) is 5.88 Å².